The number of cyclic esters (lactones) is 1. The lowest BCUT2D eigenvalue weighted by molar-refractivity contribution is -0.152. The topological polar surface area (TPSA) is 102 Å². The van der Waals surface area contributed by atoms with Crippen molar-refractivity contribution in [1.82, 2.24) is 5.32 Å². The maximum Gasteiger partial charge on any atom is 0.408 e. The number of hydrogen-bond acceptors (Lipinski definition) is 8. The fraction of sp³-hybridized carbons (Fsp3) is 0.500. The Balaban J connectivity index is 2.13. The van der Waals surface area contributed by atoms with Gasteiger partial charge in [0.15, 0.2) is 23.0 Å². The number of rotatable bonds is 5. The minimum absolute atomic E-state index is 0.162. The second kappa shape index (κ2) is 11.6. The molecule has 1 aliphatic heterocycles. The van der Waals surface area contributed by atoms with Gasteiger partial charge >= 0.3 is 12.1 Å². The minimum Gasteiger partial charge on any atom is -0.493 e. The number of ether oxygens (including phenoxy) is 6. The highest BCUT2D eigenvalue weighted by molar-refractivity contribution is 5.81. The molecule has 9 heteroatoms. The van der Waals surface area contributed by atoms with Crippen LogP contribution in [0.1, 0.15) is 58.1 Å². The van der Waals surface area contributed by atoms with Gasteiger partial charge in [-0.3, -0.25) is 0 Å². The van der Waals surface area contributed by atoms with E-state index >= 15 is 0 Å². The molecule has 0 saturated carbocycles. The Morgan fingerprint density at radius 1 is 0.919 bits per heavy atom. The maximum atomic E-state index is 13.4. The van der Waals surface area contributed by atoms with E-state index in [0.717, 1.165) is 11.1 Å². The van der Waals surface area contributed by atoms with Crippen LogP contribution in [0.3, 0.4) is 0 Å². The average Bonchev–Trinajstić information content (AvgIpc) is 2.82. The first-order valence-electron chi connectivity index (χ1n) is 12.2. The van der Waals surface area contributed by atoms with E-state index < -0.39 is 41.8 Å². The molecular weight excluding hydrogens is 478 g/mol. The van der Waals surface area contributed by atoms with E-state index in [-0.39, 0.29) is 6.42 Å². The Morgan fingerprint density at radius 3 is 2.14 bits per heavy atom. The summed E-state index contributed by atoms with van der Waals surface area (Å²) in [6, 6.07) is 10.1. The molecular formula is C28H37NO8. The molecule has 0 aromatic heterocycles. The van der Waals surface area contributed by atoms with Crippen molar-refractivity contribution in [3.8, 4) is 23.0 Å². The second-order valence-electron chi connectivity index (χ2n) is 9.94. The van der Waals surface area contributed by atoms with Crippen LogP contribution in [0.4, 0.5) is 4.79 Å². The number of carbonyl (C=O) groups is 2. The van der Waals surface area contributed by atoms with Gasteiger partial charge < -0.3 is 33.7 Å². The smallest absolute Gasteiger partial charge is 0.408 e. The Kier molecular flexibility index (Phi) is 8.78. The molecule has 3 rings (SSSR count). The van der Waals surface area contributed by atoms with Crippen LogP contribution in [0.25, 0.3) is 0 Å². The molecule has 37 heavy (non-hydrogen) atoms. The number of alkyl carbamates (subject to hydrolysis) is 1. The predicted molar refractivity (Wildman–Crippen MR) is 138 cm³/mol. The molecule has 0 saturated heterocycles. The number of nitrogens with one attached hydrogen (secondary N) is 1. The zero-order valence-electron chi connectivity index (χ0n) is 22.7. The Morgan fingerprint density at radius 2 is 1.54 bits per heavy atom. The molecule has 1 N–H and O–H groups in total. The molecule has 4 atom stereocenters. The maximum absolute atomic E-state index is 13.4. The van der Waals surface area contributed by atoms with E-state index in [9.17, 15) is 9.59 Å². The van der Waals surface area contributed by atoms with Crippen molar-refractivity contribution >= 4 is 12.1 Å². The number of esters is 1. The summed E-state index contributed by atoms with van der Waals surface area (Å²) in [6.07, 6.45) is -1.71. The van der Waals surface area contributed by atoms with E-state index in [1.807, 2.05) is 37.3 Å². The van der Waals surface area contributed by atoms with Crippen molar-refractivity contribution in [2.24, 2.45) is 0 Å². The average molecular weight is 516 g/mol. The number of para-hydroxylation sites is 2. The van der Waals surface area contributed by atoms with Gasteiger partial charge in [-0.2, -0.15) is 0 Å². The summed E-state index contributed by atoms with van der Waals surface area (Å²) in [5.41, 5.74) is 0.779. The third-order valence-electron chi connectivity index (χ3n) is 5.97. The van der Waals surface area contributed by atoms with Gasteiger partial charge in [0.2, 0.25) is 0 Å². The van der Waals surface area contributed by atoms with Crippen LogP contribution in [0, 0.1) is 0 Å². The molecule has 1 aliphatic rings. The Hall–Kier alpha value is -3.62. The first kappa shape index (κ1) is 28.0. The lowest BCUT2D eigenvalue weighted by atomic mass is 9.85. The number of fused-ring (bicyclic) bond motifs is 1. The van der Waals surface area contributed by atoms with Gasteiger partial charge in [-0.25, -0.2) is 9.59 Å². The quantitative estimate of drug-likeness (QED) is 0.565. The van der Waals surface area contributed by atoms with E-state index in [4.69, 9.17) is 28.4 Å². The molecule has 202 valence electrons. The van der Waals surface area contributed by atoms with Gasteiger partial charge in [0.05, 0.1) is 33.4 Å². The highest BCUT2D eigenvalue weighted by atomic mass is 16.6. The van der Waals surface area contributed by atoms with Crippen LogP contribution in [-0.2, 0) is 14.3 Å². The van der Waals surface area contributed by atoms with Gasteiger partial charge in [0.25, 0.3) is 0 Å². The number of benzene rings is 2. The van der Waals surface area contributed by atoms with Gasteiger partial charge in [0, 0.05) is 17.5 Å². The first-order valence-corrected chi connectivity index (χ1v) is 12.2. The largest absolute Gasteiger partial charge is 0.493 e. The SMILES string of the molecule is COc1cccc(C2c3cccc(OC)c3OC(C)C[C@H](NC(=O)OC(C)(C)C)C(=O)OC2C)c1OC. The fourth-order valence-corrected chi connectivity index (χ4v) is 4.47. The highest BCUT2D eigenvalue weighted by Gasteiger charge is 2.37. The molecule has 3 unspecified atom stereocenters. The third kappa shape index (κ3) is 6.58. The Bertz CT molecular complexity index is 1110. The molecule has 0 radical (unpaired) electrons. The zero-order valence-corrected chi connectivity index (χ0v) is 22.7. The molecule has 9 nitrogen and oxygen atoms in total. The van der Waals surface area contributed by atoms with Crippen molar-refractivity contribution in [2.45, 2.75) is 70.8 Å². The van der Waals surface area contributed by atoms with Crippen LogP contribution >= 0.6 is 0 Å². The number of hydrogen-bond donors (Lipinski definition) is 1. The van der Waals surface area contributed by atoms with Gasteiger partial charge in [-0.15, -0.1) is 0 Å². The van der Waals surface area contributed by atoms with Crippen molar-refractivity contribution in [1.29, 1.82) is 0 Å². The van der Waals surface area contributed by atoms with Crippen LogP contribution in [-0.4, -0.2) is 57.2 Å². The van der Waals surface area contributed by atoms with Gasteiger partial charge in [-0.1, -0.05) is 24.3 Å². The predicted octanol–water partition coefficient (Wildman–Crippen LogP) is 4.84. The van der Waals surface area contributed by atoms with Gasteiger partial charge in [-0.05, 0) is 46.8 Å². The summed E-state index contributed by atoms with van der Waals surface area (Å²) >= 11 is 0. The van der Waals surface area contributed by atoms with Crippen molar-refractivity contribution in [3.05, 3.63) is 47.5 Å². The standard InChI is InChI=1S/C28H37NO8/c1-16-15-20(29-27(31)37-28(3,4)5)26(30)36-17(2)23(18-11-9-13-21(32-6)24(18)34-8)19-12-10-14-22(33-7)25(19)35-16/h9-14,16-17,20,23H,15H2,1-8H3,(H,29,31)/t16?,17?,20-,23?/m0/s1. The van der Waals surface area contributed by atoms with E-state index in [0.29, 0.717) is 23.0 Å². The molecule has 0 aliphatic carbocycles. The van der Waals surface area contributed by atoms with E-state index in [1.54, 1.807) is 55.1 Å². The number of methoxy groups -OCH3 is 3. The highest BCUT2D eigenvalue weighted by Crippen LogP contribution is 2.46. The van der Waals surface area contributed by atoms with Crippen LogP contribution in [0.5, 0.6) is 23.0 Å². The van der Waals surface area contributed by atoms with Crippen molar-refractivity contribution < 1.29 is 38.0 Å². The zero-order chi connectivity index (χ0) is 27.3. The molecule has 1 heterocycles. The monoisotopic (exact) mass is 515 g/mol. The lowest BCUT2D eigenvalue weighted by Gasteiger charge is -2.33. The molecule has 0 bridgehead atoms. The molecule has 0 fully saturated rings. The van der Waals surface area contributed by atoms with Gasteiger partial charge in [0.1, 0.15) is 17.7 Å². The van der Waals surface area contributed by atoms with Crippen molar-refractivity contribution in [2.75, 3.05) is 21.3 Å². The van der Waals surface area contributed by atoms with Crippen LogP contribution in [0.15, 0.2) is 36.4 Å². The molecule has 0 spiro atoms. The van der Waals surface area contributed by atoms with Crippen molar-refractivity contribution in [3.63, 3.8) is 0 Å². The number of carbonyl (C=O) groups excluding carboxylic acids is 2. The number of amides is 1. The summed E-state index contributed by atoms with van der Waals surface area (Å²) in [7, 11) is 4.69. The second-order valence-corrected chi connectivity index (χ2v) is 9.94. The van der Waals surface area contributed by atoms with Crippen LogP contribution in [0.2, 0.25) is 0 Å². The summed E-state index contributed by atoms with van der Waals surface area (Å²) in [5.74, 6) is 1.01. The summed E-state index contributed by atoms with van der Waals surface area (Å²) < 4.78 is 34.6. The lowest BCUT2D eigenvalue weighted by Crippen LogP contribution is -2.47. The normalized spacial score (nSPS) is 22.0. The first-order chi connectivity index (χ1) is 17.5. The Labute approximate surface area is 218 Å². The summed E-state index contributed by atoms with van der Waals surface area (Å²) in [5, 5.41) is 2.65. The summed E-state index contributed by atoms with van der Waals surface area (Å²) in [4.78, 5) is 25.9. The molecule has 2 aromatic rings. The van der Waals surface area contributed by atoms with E-state index in [2.05, 4.69) is 5.32 Å². The third-order valence-corrected chi connectivity index (χ3v) is 5.97. The molecule has 1 amide bonds. The summed E-state index contributed by atoms with van der Waals surface area (Å²) in [6.45, 7) is 8.86. The van der Waals surface area contributed by atoms with E-state index in [1.165, 1.54) is 0 Å². The molecule has 2 aromatic carbocycles. The fourth-order valence-electron chi connectivity index (χ4n) is 4.47. The minimum atomic E-state index is -0.989. The van der Waals surface area contributed by atoms with Crippen LogP contribution < -0.4 is 24.3 Å².